The van der Waals surface area contributed by atoms with Crippen molar-refractivity contribution in [2.45, 2.75) is 23.8 Å². The summed E-state index contributed by atoms with van der Waals surface area (Å²) in [6, 6.07) is 19.7. The van der Waals surface area contributed by atoms with Gasteiger partial charge in [-0.15, -0.1) is 0 Å². The Morgan fingerprint density at radius 1 is 0.957 bits per heavy atom. The number of sulfonamides is 1. The van der Waals surface area contributed by atoms with Gasteiger partial charge in [-0.3, -0.25) is 9.59 Å². The lowest BCUT2D eigenvalue weighted by Gasteiger charge is -2.32. The van der Waals surface area contributed by atoms with Crippen LogP contribution in [-0.4, -0.2) is 85.5 Å². The van der Waals surface area contributed by atoms with Crippen LogP contribution in [0.2, 0.25) is 0 Å². The minimum atomic E-state index is -3.95. The molecule has 0 bridgehead atoms. The van der Waals surface area contributed by atoms with Crippen LogP contribution in [0.5, 0.6) is 0 Å². The molecule has 0 aromatic heterocycles. The van der Waals surface area contributed by atoms with Gasteiger partial charge in [0, 0.05) is 18.7 Å². The van der Waals surface area contributed by atoms with E-state index in [1.807, 2.05) is 36.4 Å². The molecule has 0 unspecified atom stereocenters. The Morgan fingerprint density at radius 2 is 1.59 bits per heavy atom. The van der Waals surface area contributed by atoms with E-state index in [4.69, 9.17) is 26.5 Å². The fourth-order valence-electron chi connectivity index (χ4n) is 4.39. The number of carbonyl (C=O) groups excluding carboxylic acids is 2. The zero-order valence-electron chi connectivity index (χ0n) is 24.5. The van der Waals surface area contributed by atoms with Crippen molar-refractivity contribution in [1.82, 2.24) is 14.9 Å². The molecule has 1 heterocycles. The molecule has 16 heteroatoms. The number of hydrogen-bond acceptors (Lipinski definition) is 8. The molecule has 8 N–H and O–H groups in total. The highest BCUT2D eigenvalue weighted by molar-refractivity contribution is 7.89. The summed E-state index contributed by atoms with van der Waals surface area (Å²) >= 11 is 0. The molecule has 1 fully saturated rings. The highest BCUT2D eigenvalue weighted by Crippen LogP contribution is 2.26. The van der Waals surface area contributed by atoms with Crippen LogP contribution in [0.25, 0.3) is 21.9 Å². The number of rotatable bonds is 12. The number of carbonyl (C=O) groups is 4. The standard InChI is InChI=1S/C26H30N6O5S.C4H4O4/c27-26(28)30-37-15-13-29-24(33)17-32-14-3-6-23(25(32)34)31-38(35,36)22-11-9-19(10-12-22)21-8-7-18-4-1-2-5-20(18)16-21;5-3(6)1-2-4(7)8/h1-2,4-5,7-12,16,23,31H,3,6,13-15,17H2,(H,29,33)(H4,27,28,30);1-2H,(H,5,6)(H,7,8)/b;2-1+/t23-;/m0./s1. The summed E-state index contributed by atoms with van der Waals surface area (Å²) in [6.07, 6.45) is 2.02. The summed E-state index contributed by atoms with van der Waals surface area (Å²) < 4.78 is 28.6. The monoisotopic (exact) mass is 654 g/mol. The molecule has 0 spiro atoms. The lowest BCUT2D eigenvalue weighted by Crippen LogP contribution is -2.54. The van der Waals surface area contributed by atoms with Crippen LogP contribution in [0.4, 0.5) is 0 Å². The number of carboxylic acid groups (broad SMARTS) is 2. The third-order valence-corrected chi connectivity index (χ3v) is 7.95. The number of likely N-dealkylation sites (tertiary alicyclic amines) is 1. The van der Waals surface area contributed by atoms with E-state index in [1.54, 1.807) is 12.1 Å². The van der Waals surface area contributed by atoms with Crippen molar-refractivity contribution >= 4 is 50.5 Å². The normalized spacial score (nSPS) is 14.7. The number of fused-ring (bicyclic) bond motifs is 1. The van der Waals surface area contributed by atoms with Crippen molar-refractivity contribution in [3.63, 3.8) is 0 Å². The van der Waals surface area contributed by atoms with Gasteiger partial charge in [0.05, 0.1) is 18.0 Å². The highest BCUT2D eigenvalue weighted by atomic mass is 32.2. The Morgan fingerprint density at radius 3 is 2.22 bits per heavy atom. The minimum absolute atomic E-state index is 0.0552. The molecule has 3 aromatic carbocycles. The molecule has 1 aliphatic rings. The van der Waals surface area contributed by atoms with E-state index >= 15 is 0 Å². The Balaban J connectivity index is 0.000000637. The van der Waals surface area contributed by atoms with E-state index in [2.05, 4.69) is 21.3 Å². The van der Waals surface area contributed by atoms with Gasteiger partial charge in [0.25, 0.3) is 0 Å². The molecule has 0 saturated carbocycles. The van der Waals surface area contributed by atoms with Gasteiger partial charge in [0.1, 0.15) is 12.6 Å². The van der Waals surface area contributed by atoms with Gasteiger partial charge in [0.15, 0.2) is 0 Å². The number of aliphatic carboxylic acids is 2. The second kappa shape index (κ2) is 16.6. The molecule has 4 rings (SSSR count). The topological polar surface area (TPSA) is 244 Å². The van der Waals surface area contributed by atoms with Crippen molar-refractivity contribution in [3.8, 4) is 11.1 Å². The number of oxime groups is 1. The molecule has 46 heavy (non-hydrogen) atoms. The van der Waals surface area contributed by atoms with Crippen molar-refractivity contribution in [1.29, 1.82) is 0 Å². The minimum Gasteiger partial charge on any atom is -0.478 e. The summed E-state index contributed by atoms with van der Waals surface area (Å²) in [5.74, 6) is -3.59. The summed E-state index contributed by atoms with van der Waals surface area (Å²) in [4.78, 5) is 50.4. The molecule has 244 valence electrons. The second-order valence-corrected chi connectivity index (χ2v) is 11.6. The molecule has 1 aliphatic heterocycles. The fourth-order valence-corrected chi connectivity index (χ4v) is 5.61. The maximum atomic E-state index is 13.0. The average Bonchev–Trinajstić information content (AvgIpc) is 3.02. The van der Waals surface area contributed by atoms with Gasteiger partial charge < -0.3 is 36.7 Å². The van der Waals surface area contributed by atoms with Gasteiger partial charge in [-0.05, 0) is 58.1 Å². The third-order valence-electron chi connectivity index (χ3n) is 6.46. The number of nitrogens with one attached hydrogen (secondary N) is 2. The number of nitrogens with zero attached hydrogens (tertiary/aromatic N) is 2. The van der Waals surface area contributed by atoms with E-state index in [1.165, 1.54) is 17.0 Å². The van der Waals surface area contributed by atoms with Crippen LogP contribution < -0.4 is 21.5 Å². The number of carboxylic acids is 2. The van der Waals surface area contributed by atoms with Gasteiger partial charge in [-0.2, -0.15) is 4.72 Å². The summed E-state index contributed by atoms with van der Waals surface area (Å²) in [7, 11) is -3.95. The predicted molar refractivity (Wildman–Crippen MR) is 168 cm³/mol. The largest absolute Gasteiger partial charge is 0.478 e. The van der Waals surface area contributed by atoms with Crippen LogP contribution in [0, 0.1) is 0 Å². The summed E-state index contributed by atoms with van der Waals surface area (Å²) in [5.41, 5.74) is 12.1. The van der Waals surface area contributed by atoms with Gasteiger partial charge >= 0.3 is 11.9 Å². The zero-order valence-corrected chi connectivity index (χ0v) is 25.4. The molecule has 1 atom stereocenters. The number of piperidine rings is 1. The molecule has 2 amide bonds. The van der Waals surface area contributed by atoms with E-state index in [0.29, 0.717) is 31.5 Å². The first kappa shape index (κ1) is 35.0. The lowest BCUT2D eigenvalue weighted by atomic mass is 10.0. The Hall–Kier alpha value is -5.48. The van der Waals surface area contributed by atoms with Gasteiger partial charge in [-0.25, -0.2) is 18.0 Å². The molecule has 15 nitrogen and oxygen atoms in total. The molecular formula is C30H34N6O9S. The lowest BCUT2D eigenvalue weighted by molar-refractivity contribution is -0.139. The van der Waals surface area contributed by atoms with Crippen LogP contribution in [0.15, 0.2) is 88.9 Å². The Kier molecular flexibility index (Phi) is 12.6. The van der Waals surface area contributed by atoms with Gasteiger partial charge in [0.2, 0.25) is 27.8 Å². The fraction of sp³-hybridized carbons (Fsp3) is 0.233. The number of guanidine groups is 1. The average molecular weight is 655 g/mol. The van der Waals surface area contributed by atoms with Crippen LogP contribution in [0.3, 0.4) is 0 Å². The van der Waals surface area contributed by atoms with E-state index in [-0.39, 0.29) is 30.6 Å². The number of amides is 2. The summed E-state index contributed by atoms with van der Waals surface area (Å²) in [5, 5.41) is 23.8. The van der Waals surface area contributed by atoms with E-state index < -0.39 is 39.8 Å². The highest BCUT2D eigenvalue weighted by Gasteiger charge is 2.33. The first-order valence-corrected chi connectivity index (χ1v) is 15.4. The molecule has 0 radical (unpaired) electrons. The van der Waals surface area contributed by atoms with E-state index in [9.17, 15) is 27.6 Å². The van der Waals surface area contributed by atoms with E-state index in [0.717, 1.165) is 21.9 Å². The maximum absolute atomic E-state index is 13.0. The Labute approximate surface area is 264 Å². The quantitative estimate of drug-likeness (QED) is 0.0524. The molecule has 3 aromatic rings. The number of nitrogens with two attached hydrogens (primary N) is 2. The van der Waals surface area contributed by atoms with Crippen LogP contribution in [0.1, 0.15) is 12.8 Å². The van der Waals surface area contributed by atoms with Gasteiger partial charge in [-0.1, -0.05) is 48.5 Å². The molecular weight excluding hydrogens is 620 g/mol. The zero-order chi connectivity index (χ0) is 33.7. The van der Waals surface area contributed by atoms with Crippen molar-refractivity contribution in [3.05, 3.63) is 78.9 Å². The van der Waals surface area contributed by atoms with Crippen LogP contribution >= 0.6 is 0 Å². The smallest absolute Gasteiger partial charge is 0.328 e. The SMILES string of the molecule is NC(N)=NOCCNC(=O)CN1CCC[C@H](NS(=O)(=O)c2ccc(-c3ccc4ccccc4c3)cc2)C1=O.O=C(O)/C=C/C(=O)O. The molecule has 1 saturated heterocycles. The Bertz CT molecular complexity index is 1710. The maximum Gasteiger partial charge on any atom is 0.328 e. The van der Waals surface area contributed by atoms with Crippen molar-refractivity contribution in [2.75, 3.05) is 26.2 Å². The van der Waals surface area contributed by atoms with Crippen molar-refractivity contribution in [2.24, 2.45) is 16.6 Å². The first-order valence-electron chi connectivity index (χ1n) is 13.9. The summed E-state index contributed by atoms with van der Waals surface area (Å²) in [6.45, 7) is 0.359. The second-order valence-electron chi connectivity index (χ2n) is 9.87. The predicted octanol–water partition coefficient (Wildman–Crippen LogP) is 0.809. The third kappa shape index (κ3) is 10.9. The number of benzene rings is 3. The molecule has 0 aliphatic carbocycles. The van der Waals surface area contributed by atoms with Crippen LogP contribution in [-0.2, 0) is 34.0 Å². The number of hydrogen-bond donors (Lipinski definition) is 6. The first-order chi connectivity index (χ1) is 21.9. The van der Waals surface area contributed by atoms with Crippen molar-refractivity contribution < 1.29 is 42.6 Å².